The van der Waals surface area contributed by atoms with Crippen LogP contribution >= 0.6 is 0 Å². The number of hydrogen-bond acceptors (Lipinski definition) is 11. The van der Waals surface area contributed by atoms with Gasteiger partial charge in [-0.2, -0.15) is 13.7 Å². The van der Waals surface area contributed by atoms with Crippen molar-refractivity contribution in [2.75, 3.05) is 45.0 Å². The Balaban J connectivity index is 1.50. The highest BCUT2D eigenvalue weighted by Crippen LogP contribution is 2.29. The number of anilines is 1. The molecule has 35 heavy (non-hydrogen) atoms. The summed E-state index contributed by atoms with van der Waals surface area (Å²) in [5.74, 6) is 1.60. The Morgan fingerprint density at radius 1 is 1.20 bits per heavy atom. The lowest BCUT2D eigenvalue weighted by Gasteiger charge is -2.24. The number of nitrogens with zero attached hydrogens (tertiary/aromatic N) is 5. The van der Waals surface area contributed by atoms with Gasteiger partial charge >= 0.3 is 10.4 Å². The summed E-state index contributed by atoms with van der Waals surface area (Å²) < 4.78 is 52.2. The van der Waals surface area contributed by atoms with Crippen LogP contribution in [0, 0.1) is 11.3 Å². The molecule has 1 aliphatic rings. The lowest BCUT2D eigenvalue weighted by atomic mass is 10.1. The molecular formula is C21H24N6O7S. The quantitative estimate of drug-likeness (QED) is 0.285. The van der Waals surface area contributed by atoms with Crippen molar-refractivity contribution >= 4 is 27.4 Å². The molecule has 2 N–H and O–H groups in total. The second-order valence-electron chi connectivity index (χ2n) is 7.55. The van der Waals surface area contributed by atoms with Gasteiger partial charge in [0.15, 0.2) is 17.2 Å². The molecule has 4 rings (SSSR count). The zero-order valence-corrected chi connectivity index (χ0v) is 19.5. The number of fused-ring (bicyclic) bond motifs is 1. The van der Waals surface area contributed by atoms with Crippen LogP contribution < -0.4 is 10.1 Å². The fourth-order valence-corrected chi connectivity index (χ4v) is 3.72. The van der Waals surface area contributed by atoms with Crippen LogP contribution in [0.4, 0.5) is 5.82 Å². The monoisotopic (exact) mass is 504 g/mol. The summed E-state index contributed by atoms with van der Waals surface area (Å²) in [4.78, 5) is 13.5. The van der Waals surface area contributed by atoms with Crippen molar-refractivity contribution in [3.63, 3.8) is 0 Å². The van der Waals surface area contributed by atoms with Gasteiger partial charge in [-0.25, -0.2) is 19.1 Å². The normalized spacial score (nSPS) is 14.6. The van der Waals surface area contributed by atoms with E-state index in [-0.39, 0.29) is 32.5 Å². The third-order valence-corrected chi connectivity index (χ3v) is 5.58. The van der Waals surface area contributed by atoms with E-state index >= 15 is 0 Å². The summed E-state index contributed by atoms with van der Waals surface area (Å²) in [6.45, 7) is 1.30. The number of pyridine rings is 2. The van der Waals surface area contributed by atoms with Crippen molar-refractivity contribution in [3.8, 4) is 17.6 Å². The molecule has 0 bridgehead atoms. The zero-order chi connectivity index (χ0) is 24.7. The molecule has 1 saturated heterocycles. The summed E-state index contributed by atoms with van der Waals surface area (Å²) in [5.41, 5.74) is 1.62. The molecule has 14 heteroatoms. The first kappa shape index (κ1) is 24.8. The van der Waals surface area contributed by atoms with Crippen LogP contribution in [0.2, 0.25) is 0 Å². The Labute approximate surface area is 201 Å². The van der Waals surface area contributed by atoms with Crippen molar-refractivity contribution in [3.05, 3.63) is 36.3 Å². The standard InChI is InChI=1S/C21H24N6O7S/c22-12-15-1-2-19(23-13-15)27-14-24-17-11-18(33-9-7-32-8-10-34-35(28,29)30)20(26-21(17)27)25-16-3-5-31-6-4-16/h1-2,11,13-14,16H,3-10H2,(H,25,26)(H,28,29,30). The predicted molar refractivity (Wildman–Crippen MR) is 123 cm³/mol. The number of ether oxygens (including phenoxy) is 3. The lowest BCUT2D eigenvalue weighted by molar-refractivity contribution is 0.0748. The molecule has 0 spiro atoms. The molecule has 186 valence electrons. The number of nitriles is 1. The van der Waals surface area contributed by atoms with E-state index in [1.165, 1.54) is 6.20 Å². The maximum Gasteiger partial charge on any atom is 0.397 e. The van der Waals surface area contributed by atoms with E-state index in [9.17, 15) is 8.42 Å². The molecule has 0 amide bonds. The summed E-state index contributed by atoms with van der Waals surface area (Å²) in [6, 6.07) is 7.37. The molecule has 4 heterocycles. The number of aromatic nitrogens is 4. The topological polar surface area (TPSA) is 171 Å². The molecule has 1 fully saturated rings. The van der Waals surface area contributed by atoms with E-state index in [1.54, 1.807) is 29.1 Å². The van der Waals surface area contributed by atoms with Gasteiger partial charge in [-0.05, 0) is 25.0 Å². The SMILES string of the molecule is N#Cc1ccc(-n2cnc3cc(OCCOCCOS(=O)(=O)O)c(NC4CCOCC4)nc32)nc1. The fraction of sp³-hybridized carbons (Fsp3) is 0.429. The Hall–Kier alpha value is -3.35. The van der Waals surface area contributed by atoms with Gasteiger partial charge in [0.05, 0.1) is 25.4 Å². The average molecular weight is 505 g/mol. The van der Waals surface area contributed by atoms with Crippen molar-refractivity contribution in [2.45, 2.75) is 18.9 Å². The fourth-order valence-electron chi connectivity index (χ4n) is 3.44. The summed E-state index contributed by atoms with van der Waals surface area (Å²) in [7, 11) is -4.49. The van der Waals surface area contributed by atoms with E-state index in [4.69, 9.17) is 29.0 Å². The minimum Gasteiger partial charge on any atom is -0.487 e. The first-order valence-corrected chi connectivity index (χ1v) is 12.2. The lowest BCUT2D eigenvalue weighted by Crippen LogP contribution is -2.28. The van der Waals surface area contributed by atoms with Crippen LogP contribution in [0.15, 0.2) is 30.7 Å². The average Bonchev–Trinajstić information content (AvgIpc) is 3.26. The first-order chi connectivity index (χ1) is 16.9. The maximum atomic E-state index is 10.5. The van der Waals surface area contributed by atoms with Gasteiger partial charge in [0.1, 0.15) is 30.3 Å². The number of rotatable bonds is 11. The van der Waals surface area contributed by atoms with E-state index in [0.29, 0.717) is 47.3 Å². The minimum atomic E-state index is -4.49. The van der Waals surface area contributed by atoms with Crippen LogP contribution in [0.3, 0.4) is 0 Å². The zero-order valence-electron chi connectivity index (χ0n) is 18.7. The Morgan fingerprint density at radius 3 is 2.71 bits per heavy atom. The number of imidazole rings is 1. The van der Waals surface area contributed by atoms with Crippen molar-refractivity contribution < 1.29 is 31.4 Å². The smallest absolute Gasteiger partial charge is 0.397 e. The number of nitrogens with one attached hydrogen (secondary N) is 1. The van der Waals surface area contributed by atoms with Gasteiger partial charge in [0.25, 0.3) is 0 Å². The molecule has 1 aliphatic heterocycles. The number of hydrogen-bond donors (Lipinski definition) is 2. The van der Waals surface area contributed by atoms with Gasteiger partial charge in [-0.1, -0.05) is 0 Å². The van der Waals surface area contributed by atoms with Crippen molar-refractivity contribution in [1.29, 1.82) is 5.26 Å². The minimum absolute atomic E-state index is 0.0321. The highest BCUT2D eigenvalue weighted by Gasteiger charge is 2.19. The van der Waals surface area contributed by atoms with Crippen LogP contribution in [0.25, 0.3) is 17.0 Å². The molecule has 0 atom stereocenters. The van der Waals surface area contributed by atoms with Gasteiger partial charge in [-0.3, -0.25) is 9.12 Å². The van der Waals surface area contributed by atoms with Crippen molar-refractivity contribution in [1.82, 2.24) is 19.5 Å². The van der Waals surface area contributed by atoms with Gasteiger partial charge in [0, 0.05) is 31.5 Å². The molecule has 0 radical (unpaired) electrons. The maximum absolute atomic E-state index is 10.5. The molecule has 0 saturated carbocycles. The molecule has 0 unspecified atom stereocenters. The van der Waals surface area contributed by atoms with Crippen LogP contribution in [0.5, 0.6) is 5.75 Å². The third kappa shape index (κ3) is 6.84. The molecule has 13 nitrogen and oxygen atoms in total. The van der Waals surface area contributed by atoms with Gasteiger partial charge < -0.3 is 19.5 Å². The largest absolute Gasteiger partial charge is 0.487 e. The van der Waals surface area contributed by atoms with Crippen LogP contribution in [-0.2, 0) is 24.1 Å². The molecule has 0 aliphatic carbocycles. The van der Waals surface area contributed by atoms with E-state index < -0.39 is 10.4 Å². The second-order valence-corrected chi connectivity index (χ2v) is 8.64. The second kappa shape index (κ2) is 11.4. The predicted octanol–water partition coefficient (Wildman–Crippen LogP) is 1.49. The summed E-state index contributed by atoms with van der Waals surface area (Å²) in [6.07, 6.45) is 4.74. The third-order valence-electron chi connectivity index (χ3n) is 5.12. The summed E-state index contributed by atoms with van der Waals surface area (Å²) in [5, 5.41) is 12.4. The Kier molecular flexibility index (Phi) is 8.06. The Bertz CT molecular complexity index is 1280. The van der Waals surface area contributed by atoms with E-state index in [1.807, 2.05) is 6.07 Å². The first-order valence-electron chi connectivity index (χ1n) is 10.8. The molecule has 3 aromatic rings. The molecular weight excluding hydrogens is 480 g/mol. The van der Waals surface area contributed by atoms with Gasteiger partial charge in [0.2, 0.25) is 0 Å². The van der Waals surface area contributed by atoms with Crippen LogP contribution in [-0.4, -0.2) is 78.2 Å². The molecule has 3 aromatic heterocycles. The van der Waals surface area contributed by atoms with E-state index in [0.717, 1.165) is 12.8 Å². The van der Waals surface area contributed by atoms with Crippen LogP contribution in [0.1, 0.15) is 18.4 Å². The van der Waals surface area contributed by atoms with E-state index in [2.05, 4.69) is 19.5 Å². The highest BCUT2D eigenvalue weighted by molar-refractivity contribution is 7.80. The van der Waals surface area contributed by atoms with Gasteiger partial charge in [-0.15, -0.1) is 0 Å². The van der Waals surface area contributed by atoms with Crippen molar-refractivity contribution in [2.24, 2.45) is 0 Å². The molecule has 0 aromatic carbocycles. The highest BCUT2D eigenvalue weighted by atomic mass is 32.3. The summed E-state index contributed by atoms with van der Waals surface area (Å²) >= 11 is 0. The Morgan fingerprint density at radius 2 is 2.00 bits per heavy atom.